The van der Waals surface area contributed by atoms with Crippen LogP contribution < -0.4 is 0 Å². The summed E-state index contributed by atoms with van der Waals surface area (Å²) in [5.41, 5.74) is 6.09. The van der Waals surface area contributed by atoms with E-state index in [4.69, 9.17) is 47.4 Å². The zero-order chi connectivity index (χ0) is 97.6. The fraction of sp³-hybridized carbons (Fsp3) is 0.298. The van der Waals surface area contributed by atoms with E-state index in [1.54, 1.807) is 282 Å². The van der Waals surface area contributed by atoms with E-state index in [9.17, 15) is 47.9 Å². The van der Waals surface area contributed by atoms with E-state index in [1.807, 2.05) is 109 Å². The molecule has 20 nitrogen and oxygen atoms in total. The summed E-state index contributed by atoms with van der Waals surface area (Å²) in [4.78, 5) is 123. The molecule has 0 bridgehead atoms. The van der Waals surface area contributed by atoms with Crippen molar-refractivity contribution in [3.8, 4) is 0 Å². The van der Waals surface area contributed by atoms with Gasteiger partial charge >= 0.3 is 59.7 Å². The van der Waals surface area contributed by atoms with Crippen LogP contribution in [0.4, 0.5) is 0 Å². The van der Waals surface area contributed by atoms with Gasteiger partial charge in [-0.25, -0.2) is 47.9 Å². The van der Waals surface area contributed by atoms with Crippen molar-refractivity contribution in [3.05, 3.63) is 421 Å². The molecule has 10 rings (SSSR count). The average molecular weight is 1820 g/mol. The van der Waals surface area contributed by atoms with Crippen molar-refractivity contribution in [1.29, 1.82) is 0 Å². The van der Waals surface area contributed by atoms with Crippen LogP contribution in [-0.2, 0) is 47.4 Å². The summed E-state index contributed by atoms with van der Waals surface area (Å²) in [6.07, 6.45) is 8.10. The van der Waals surface area contributed by atoms with E-state index in [2.05, 4.69) is 32.9 Å². The fourth-order valence-electron chi connectivity index (χ4n) is 14.2. The number of ether oxygens (including phenoxy) is 10. The van der Waals surface area contributed by atoms with Crippen LogP contribution in [0.15, 0.2) is 366 Å². The predicted octanol–water partition coefficient (Wildman–Crippen LogP) is 25.3. The first-order valence-electron chi connectivity index (χ1n) is 45.3. The maximum atomic E-state index is 12.6. The average Bonchev–Trinajstić information content (AvgIpc) is 0.849. The quantitative estimate of drug-likeness (QED) is 0.0195. The second kappa shape index (κ2) is 59.8. The summed E-state index contributed by atoms with van der Waals surface area (Å²) in [7, 11) is 0. The van der Waals surface area contributed by atoms with Gasteiger partial charge in [0.15, 0.2) is 0 Å². The van der Waals surface area contributed by atoms with Gasteiger partial charge in [0.25, 0.3) is 0 Å². The van der Waals surface area contributed by atoms with Crippen LogP contribution in [0.3, 0.4) is 0 Å². The molecule has 0 saturated carbocycles. The van der Waals surface area contributed by atoms with Gasteiger partial charge in [0, 0.05) is 63.2 Å². The van der Waals surface area contributed by atoms with Gasteiger partial charge in [-0.2, -0.15) is 0 Å². The summed E-state index contributed by atoms with van der Waals surface area (Å²) in [6, 6.07) is 88.5. The molecule has 0 heterocycles. The molecule has 134 heavy (non-hydrogen) atoms. The molecule has 0 spiro atoms. The second-order valence-electron chi connectivity index (χ2n) is 32.3. The number of carbonyl (C=O) groups is 10. The largest absolute Gasteiger partial charge is 0.459 e. The van der Waals surface area contributed by atoms with Crippen molar-refractivity contribution < 1.29 is 95.3 Å². The lowest BCUT2D eigenvalue weighted by Crippen LogP contribution is -2.38. The Morgan fingerprint density at radius 3 is 0.851 bits per heavy atom. The number of hydrogen-bond acceptors (Lipinski definition) is 20. The third-order valence-electron chi connectivity index (χ3n) is 21.4. The highest BCUT2D eigenvalue weighted by Crippen LogP contribution is 2.32. The van der Waals surface area contributed by atoms with Gasteiger partial charge in [0.05, 0.1) is 55.6 Å². The first-order valence-corrected chi connectivity index (χ1v) is 45.3. The third kappa shape index (κ3) is 39.3. The van der Waals surface area contributed by atoms with Crippen molar-refractivity contribution in [2.75, 3.05) is 0 Å². The van der Waals surface area contributed by atoms with Crippen LogP contribution in [0.25, 0.3) is 0 Å². The van der Waals surface area contributed by atoms with Crippen LogP contribution in [0.5, 0.6) is 0 Å². The fourth-order valence-corrected chi connectivity index (χ4v) is 14.2. The smallest absolute Gasteiger partial charge is 0.338 e. The van der Waals surface area contributed by atoms with E-state index in [0.717, 1.165) is 24.0 Å². The maximum absolute atomic E-state index is 12.6. The van der Waals surface area contributed by atoms with Crippen LogP contribution in [0, 0.1) is 11.8 Å². The predicted molar refractivity (Wildman–Crippen MR) is 523 cm³/mol. The third-order valence-corrected chi connectivity index (χ3v) is 21.4. The molecule has 0 saturated heterocycles. The lowest BCUT2D eigenvalue weighted by molar-refractivity contribution is -0.0467. The lowest BCUT2D eigenvalue weighted by Gasteiger charge is -2.34. The van der Waals surface area contributed by atoms with E-state index >= 15 is 0 Å². The van der Waals surface area contributed by atoms with E-state index in [0.29, 0.717) is 120 Å². The van der Waals surface area contributed by atoms with E-state index in [1.165, 1.54) is 0 Å². The number of esters is 10. The molecule has 0 amide bonds. The molecule has 0 radical (unpaired) electrons. The zero-order valence-corrected chi connectivity index (χ0v) is 78.6. The molecule has 12 unspecified atom stereocenters. The number of hydrogen-bond donors (Lipinski definition) is 0. The standard InChI is InChI=1S/4C23H26O4.C22H24O4/c1-4-17(2)15-21(27-23(25)20-13-9-6-10-14-20)16-18(3)26-22(24)19-11-7-5-8-12-19;1-4-18(5-2)21(27-23(25)20-14-10-7-11-15-20)16-17(3)26-22(24)19-12-8-6-9-13-19;1-4-16-23(5-2,27-22(25)20-14-10-7-11-15-20)17-18(3)26-21(24)19-12-8-6-9-13-19;1-4-12-21(27-23(25)19-15-10-7-11-16-19)20(5-2)17(3)26-22(24)18-13-8-6-9-14-18;1-16(2)14-20(26-22(24)19-12-8-5-9-13-19)15-17(3)25-21(23)18-10-6-4-7-11-18/h5-14,18,21H,2,4,15-16H2,1,3H3;4,6-15,17-18,21H,1,5,16H2,2-3H3;4,6-15,18H,1,5,16-17H2,2-3H3;4,6-11,13-17,20-21H,1,5,12H2,2-3H3;4-13,17,20H,1,14-15H2,2-3H3. The Kier molecular flexibility index (Phi) is 48.4. The number of benzene rings is 10. The molecule has 10 aromatic carbocycles. The summed E-state index contributed by atoms with van der Waals surface area (Å²) in [6.45, 7) is 38.2. The van der Waals surface area contributed by atoms with Crippen molar-refractivity contribution in [2.24, 2.45) is 11.8 Å². The van der Waals surface area contributed by atoms with Crippen LogP contribution in [0.2, 0.25) is 0 Å². The Labute approximate surface area is 790 Å². The van der Waals surface area contributed by atoms with Gasteiger partial charge in [0.1, 0.15) is 60.5 Å². The topological polar surface area (TPSA) is 263 Å². The molecular weight excluding hydrogens is 1690 g/mol. The molecule has 20 heteroatoms. The Morgan fingerprint density at radius 1 is 0.313 bits per heavy atom. The van der Waals surface area contributed by atoms with Gasteiger partial charge in [-0.05, 0) is 189 Å². The van der Waals surface area contributed by atoms with Gasteiger partial charge in [-0.3, -0.25) is 0 Å². The normalized spacial score (nSPS) is 13.4. The highest BCUT2D eigenvalue weighted by Gasteiger charge is 2.36. The van der Waals surface area contributed by atoms with Gasteiger partial charge in [0.2, 0.25) is 0 Å². The Balaban J connectivity index is 0.000000257. The second-order valence-corrected chi connectivity index (χ2v) is 32.3. The van der Waals surface area contributed by atoms with Crippen LogP contribution in [-0.4, -0.2) is 120 Å². The molecule has 0 aliphatic rings. The first kappa shape index (κ1) is 108. The molecule has 0 aromatic heterocycles. The lowest BCUT2D eigenvalue weighted by atomic mass is 9.89. The molecular formula is C114H128O20. The summed E-state index contributed by atoms with van der Waals surface area (Å²) in [5.74, 6) is -4.02. The van der Waals surface area contributed by atoms with Crippen LogP contribution >= 0.6 is 0 Å². The first-order chi connectivity index (χ1) is 64.5. The molecule has 704 valence electrons. The molecule has 10 aromatic rings. The van der Waals surface area contributed by atoms with Crippen molar-refractivity contribution >= 4 is 59.7 Å². The van der Waals surface area contributed by atoms with Crippen molar-refractivity contribution in [3.63, 3.8) is 0 Å². The SMILES string of the molecule is C=C(C)CC(CC(C)OC(=O)c1ccccc1)OC(=O)c1ccccc1.C=C(CC)CC(CC(C)OC(=O)c1ccccc1)OC(=O)c1ccccc1.C=CC(CC)C(CC(C)OC(=O)c1ccccc1)OC(=O)c1ccccc1.C=CCC(CC)(CC(C)OC(=O)c1ccccc1)OC(=O)c1ccccc1.C=CCC(OC(=O)c1ccccc1)C(CC)C(C)OC(=O)c1ccccc1. The molecule has 0 aliphatic heterocycles. The zero-order valence-electron chi connectivity index (χ0n) is 78.6. The minimum Gasteiger partial charge on any atom is -0.459 e. The minimum absolute atomic E-state index is 0.0180. The molecule has 0 fully saturated rings. The number of carbonyl (C=O) groups excluding carboxylic acids is 10. The summed E-state index contributed by atoms with van der Waals surface area (Å²) >= 11 is 0. The maximum Gasteiger partial charge on any atom is 0.338 e. The monoisotopic (exact) mass is 1820 g/mol. The summed E-state index contributed by atoms with van der Waals surface area (Å²) in [5, 5.41) is 0. The van der Waals surface area contributed by atoms with Gasteiger partial charge in [-0.1, -0.05) is 246 Å². The van der Waals surface area contributed by atoms with E-state index < -0.39 is 66.5 Å². The number of rotatable bonds is 44. The highest BCUT2D eigenvalue weighted by atomic mass is 16.6. The molecule has 12 atom stereocenters. The minimum atomic E-state index is -0.773. The van der Waals surface area contributed by atoms with E-state index in [-0.39, 0.29) is 65.6 Å². The highest BCUT2D eigenvalue weighted by molar-refractivity contribution is 5.94. The van der Waals surface area contributed by atoms with Gasteiger partial charge < -0.3 is 47.4 Å². The molecule has 0 N–H and O–H groups in total. The van der Waals surface area contributed by atoms with Gasteiger partial charge in [-0.15, -0.1) is 26.3 Å². The Bertz CT molecular complexity index is 5200. The Morgan fingerprint density at radius 2 is 0.582 bits per heavy atom. The summed E-state index contributed by atoms with van der Waals surface area (Å²) < 4.78 is 56.4. The van der Waals surface area contributed by atoms with Crippen molar-refractivity contribution in [1.82, 2.24) is 0 Å². The van der Waals surface area contributed by atoms with Crippen LogP contribution in [0.1, 0.15) is 250 Å². The van der Waals surface area contributed by atoms with Crippen molar-refractivity contribution in [2.45, 2.75) is 207 Å². The Hall–Kier alpha value is -14.4. The molecule has 0 aliphatic carbocycles.